The number of hydrazone groups is 1. The van der Waals surface area contributed by atoms with Gasteiger partial charge in [-0.2, -0.15) is 13.2 Å². The third-order valence-corrected chi connectivity index (χ3v) is 7.40. The highest BCUT2D eigenvalue weighted by Crippen LogP contribution is 2.35. The fraction of sp³-hybridized carbons (Fsp3) is 0.290. The molecule has 3 aromatic rings. The number of halogens is 3. The first-order chi connectivity index (χ1) is 20.1. The van der Waals surface area contributed by atoms with Gasteiger partial charge in [-0.05, 0) is 59.7 Å². The lowest BCUT2D eigenvalue weighted by molar-refractivity contribution is -0.141. The molecule has 2 amide bonds. The van der Waals surface area contributed by atoms with Crippen LogP contribution in [0.2, 0.25) is 0 Å². The lowest BCUT2D eigenvalue weighted by Gasteiger charge is -2.24. The number of ether oxygens (including phenoxy) is 1. The van der Waals surface area contributed by atoms with Crippen LogP contribution >= 0.6 is 0 Å². The molecule has 11 heteroatoms. The summed E-state index contributed by atoms with van der Waals surface area (Å²) in [6.07, 6.45) is -5.51. The third kappa shape index (κ3) is 6.79. The van der Waals surface area contributed by atoms with Crippen LogP contribution in [0.25, 0.3) is 0 Å². The zero-order valence-corrected chi connectivity index (χ0v) is 22.4. The molecule has 2 N–H and O–H groups in total. The molecule has 0 fully saturated rings. The average Bonchev–Trinajstić information content (AvgIpc) is 3.41. The summed E-state index contributed by atoms with van der Waals surface area (Å²) in [6.45, 7) is -0.0684. The summed E-state index contributed by atoms with van der Waals surface area (Å²) in [5.74, 6) is -3.31. The average molecular weight is 580 g/mol. The van der Waals surface area contributed by atoms with Crippen LogP contribution in [0, 0.1) is 5.92 Å². The van der Waals surface area contributed by atoms with Crippen LogP contribution in [0.1, 0.15) is 46.6 Å². The number of fused-ring (bicyclic) bond motifs is 1. The Morgan fingerprint density at radius 3 is 2.45 bits per heavy atom. The first kappa shape index (κ1) is 28.8. The van der Waals surface area contributed by atoms with Gasteiger partial charge >= 0.3 is 12.1 Å². The van der Waals surface area contributed by atoms with E-state index in [1.165, 1.54) is 5.01 Å². The van der Waals surface area contributed by atoms with Crippen molar-refractivity contribution in [2.45, 2.75) is 44.3 Å². The number of aliphatic carboxylic acids is 1. The van der Waals surface area contributed by atoms with E-state index in [9.17, 15) is 32.7 Å². The molecule has 3 aromatic carbocycles. The van der Waals surface area contributed by atoms with Gasteiger partial charge in [0.25, 0.3) is 5.91 Å². The molecule has 5 rings (SSSR count). The number of anilines is 1. The van der Waals surface area contributed by atoms with Crippen LogP contribution in [0.15, 0.2) is 77.9 Å². The zero-order valence-electron chi connectivity index (χ0n) is 22.4. The van der Waals surface area contributed by atoms with Crippen molar-refractivity contribution < 1.29 is 37.4 Å². The van der Waals surface area contributed by atoms with Crippen molar-refractivity contribution in [1.29, 1.82) is 0 Å². The van der Waals surface area contributed by atoms with Gasteiger partial charge in [-0.15, -0.1) is 5.10 Å². The van der Waals surface area contributed by atoms with E-state index in [1.54, 1.807) is 42.5 Å². The Balaban J connectivity index is 1.33. The van der Waals surface area contributed by atoms with E-state index in [4.69, 9.17) is 4.74 Å². The summed E-state index contributed by atoms with van der Waals surface area (Å²) in [6, 6.07) is 20.7. The minimum Gasteiger partial charge on any atom is -0.481 e. The molecule has 0 radical (unpaired) electrons. The smallest absolute Gasteiger partial charge is 0.389 e. The monoisotopic (exact) mass is 579 g/mol. The van der Waals surface area contributed by atoms with Crippen molar-refractivity contribution in [3.63, 3.8) is 0 Å². The molecule has 218 valence electrons. The molecular weight excluding hydrogens is 551 g/mol. The molecule has 1 aliphatic carbocycles. The highest BCUT2D eigenvalue weighted by atomic mass is 19.4. The predicted octanol–water partition coefficient (Wildman–Crippen LogP) is 5.27. The Kier molecular flexibility index (Phi) is 8.28. The molecule has 2 unspecified atom stereocenters. The number of benzene rings is 3. The number of rotatable bonds is 9. The van der Waals surface area contributed by atoms with E-state index in [-0.39, 0.29) is 25.5 Å². The number of carboxylic acids is 1. The fourth-order valence-corrected chi connectivity index (χ4v) is 5.19. The highest BCUT2D eigenvalue weighted by Gasteiger charge is 2.33. The maximum Gasteiger partial charge on any atom is 0.389 e. The molecule has 0 saturated carbocycles. The van der Waals surface area contributed by atoms with Crippen molar-refractivity contribution in [2.75, 3.05) is 11.9 Å². The van der Waals surface area contributed by atoms with Crippen molar-refractivity contribution in [3.05, 3.63) is 101 Å². The lowest BCUT2D eigenvalue weighted by atomic mass is 9.92. The van der Waals surface area contributed by atoms with Crippen molar-refractivity contribution in [1.82, 2.24) is 5.01 Å². The number of nitrogens with zero attached hydrogens (tertiary/aromatic N) is 2. The summed E-state index contributed by atoms with van der Waals surface area (Å²) >= 11 is 0. The standard InChI is InChI=1S/C31H28F3N3O5/c32-31(33,34)14-13-24(28(39)35-26-8-4-7-22-15-23(30(40)41)16-25(22)26)20-11-9-19(10-12-20)17-37-27(38)18-42-29(36-37)21-5-2-1-3-6-21/h1-12,23-24H,13-18H2,(H,35,39)(H,40,41). The summed E-state index contributed by atoms with van der Waals surface area (Å²) in [4.78, 5) is 37.3. The number of nitrogens with one attached hydrogen (secondary N) is 1. The van der Waals surface area contributed by atoms with Gasteiger partial charge in [-0.3, -0.25) is 14.4 Å². The second-order valence-corrected chi connectivity index (χ2v) is 10.3. The number of alkyl halides is 3. The number of hydrogen-bond acceptors (Lipinski definition) is 5. The predicted molar refractivity (Wildman–Crippen MR) is 148 cm³/mol. The molecule has 0 saturated heterocycles. The summed E-state index contributed by atoms with van der Waals surface area (Å²) in [5.41, 5.74) is 3.67. The highest BCUT2D eigenvalue weighted by molar-refractivity contribution is 5.98. The van der Waals surface area contributed by atoms with Gasteiger partial charge in [0.2, 0.25) is 11.8 Å². The Labute approximate surface area is 239 Å². The van der Waals surface area contributed by atoms with E-state index in [1.807, 2.05) is 30.3 Å². The Bertz CT molecular complexity index is 1510. The molecule has 1 aliphatic heterocycles. The molecule has 0 aromatic heterocycles. The minimum absolute atomic E-state index is 0.110. The summed E-state index contributed by atoms with van der Waals surface area (Å²) < 4.78 is 45.0. The topological polar surface area (TPSA) is 108 Å². The molecule has 1 heterocycles. The molecule has 8 nitrogen and oxygen atoms in total. The maximum absolute atomic E-state index is 13.4. The number of hydrogen-bond donors (Lipinski definition) is 2. The molecule has 42 heavy (non-hydrogen) atoms. The largest absolute Gasteiger partial charge is 0.481 e. The Hall–Kier alpha value is -4.67. The Morgan fingerprint density at radius 2 is 1.76 bits per heavy atom. The van der Waals surface area contributed by atoms with Crippen LogP contribution in [-0.4, -0.2) is 46.6 Å². The summed E-state index contributed by atoms with van der Waals surface area (Å²) in [7, 11) is 0. The fourth-order valence-electron chi connectivity index (χ4n) is 5.19. The van der Waals surface area contributed by atoms with Gasteiger partial charge < -0.3 is 15.2 Å². The quantitative estimate of drug-likeness (QED) is 0.359. The molecule has 2 aliphatic rings. The van der Waals surface area contributed by atoms with Crippen LogP contribution < -0.4 is 5.32 Å². The van der Waals surface area contributed by atoms with Crippen molar-refractivity contribution in [3.8, 4) is 0 Å². The molecule has 0 spiro atoms. The number of amides is 2. The van der Waals surface area contributed by atoms with Crippen LogP contribution in [0.5, 0.6) is 0 Å². The van der Waals surface area contributed by atoms with E-state index < -0.39 is 42.7 Å². The minimum atomic E-state index is -4.45. The van der Waals surface area contributed by atoms with E-state index in [0.717, 1.165) is 5.56 Å². The van der Waals surface area contributed by atoms with E-state index >= 15 is 0 Å². The number of carbonyl (C=O) groups is 3. The van der Waals surface area contributed by atoms with Gasteiger partial charge in [0.05, 0.1) is 18.4 Å². The van der Waals surface area contributed by atoms with Gasteiger partial charge in [0.15, 0.2) is 6.61 Å². The van der Waals surface area contributed by atoms with Crippen molar-refractivity contribution >= 4 is 29.4 Å². The first-order valence-electron chi connectivity index (χ1n) is 13.4. The molecular formula is C31H28F3N3O5. The van der Waals surface area contributed by atoms with Crippen LogP contribution in [0.4, 0.5) is 18.9 Å². The molecule has 2 atom stereocenters. The van der Waals surface area contributed by atoms with Gasteiger partial charge in [0, 0.05) is 17.7 Å². The normalized spacial score (nSPS) is 17.2. The third-order valence-electron chi connectivity index (χ3n) is 7.40. The second-order valence-electron chi connectivity index (χ2n) is 10.3. The van der Waals surface area contributed by atoms with Gasteiger partial charge in [-0.25, -0.2) is 5.01 Å². The van der Waals surface area contributed by atoms with Gasteiger partial charge in [0.1, 0.15) is 0 Å². The zero-order chi connectivity index (χ0) is 29.9. The Morgan fingerprint density at radius 1 is 1.02 bits per heavy atom. The van der Waals surface area contributed by atoms with Gasteiger partial charge in [-0.1, -0.05) is 54.6 Å². The second kappa shape index (κ2) is 12.1. The molecule has 0 bridgehead atoms. The van der Waals surface area contributed by atoms with E-state index in [2.05, 4.69) is 10.4 Å². The first-order valence-corrected chi connectivity index (χ1v) is 13.4. The van der Waals surface area contributed by atoms with Crippen LogP contribution in [0.3, 0.4) is 0 Å². The van der Waals surface area contributed by atoms with Crippen molar-refractivity contribution in [2.24, 2.45) is 11.0 Å². The SMILES string of the molecule is O=C(O)C1Cc2cccc(NC(=O)C(CCC(F)(F)F)c3ccc(CN4N=C(c5ccccc5)OCC4=O)cc3)c2C1. The lowest BCUT2D eigenvalue weighted by Crippen LogP contribution is -2.36. The summed E-state index contributed by atoms with van der Waals surface area (Å²) in [5, 5.41) is 17.8. The van der Waals surface area contributed by atoms with E-state index in [0.29, 0.717) is 40.3 Å². The maximum atomic E-state index is 13.4. The number of carboxylic acid groups (broad SMARTS) is 1. The van der Waals surface area contributed by atoms with Crippen LogP contribution in [-0.2, 0) is 38.5 Å². The number of carbonyl (C=O) groups excluding carboxylic acids is 2.